The molecule has 0 aromatic heterocycles. The van der Waals surface area contributed by atoms with E-state index in [-0.39, 0.29) is 12.1 Å². The summed E-state index contributed by atoms with van der Waals surface area (Å²) in [6.07, 6.45) is 5.87. The van der Waals surface area contributed by atoms with Gasteiger partial charge in [-0.1, -0.05) is 38.8 Å². The van der Waals surface area contributed by atoms with Gasteiger partial charge in [0, 0.05) is 5.69 Å². The molecule has 0 heterocycles. The molecular weight excluding hydrogens is 246 g/mol. The summed E-state index contributed by atoms with van der Waals surface area (Å²) in [5, 5.41) is 13.6. The van der Waals surface area contributed by atoms with E-state index in [2.05, 4.69) is 50.4 Å². The third-order valence-electron chi connectivity index (χ3n) is 4.90. The maximum Gasteiger partial charge on any atom is 0.0661 e. The van der Waals surface area contributed by atoms with Gasteiger partial charge in [0.2, 0.25) is 0 Å². The van der Waals surface area contributed by atoms with Gasteiger partial charge in [0.25, 0.3) is 0 Å². The van der Waals surface area contributed by atoms with E-state index in [0.717, 1.165) is 30.4 Å². The predicted molar refractivity (Wildman–Crippen MR) is 86.0 cm³/mol. The Bertz CT molecular complexity index is 429. The molecule has 1 fully saturated rings. The molecule has 2 nitrogen and oxygen atoms in total. The minimum absolute atomic E-state index is 0.128. The van der Waals surface area contributed by atoms with Gasteiger partial charge in [-0.15, -0.1) is 0 Å². The number of anilines is 1. The van der Waals surface area contributed by atoms with Crippen molar-refractivity contribution in [1.82, 2.24) is 0 Å². The van der Waals surface area contributed by atoms with E-state index >= 15 is 0 Å². The highest BCUT2D eigenvalue weighted by Gasteiger charge is 2.33. The molecule has 112 valence electrons. The van der Waals surface area contributed by atoms with Crippen molar-refractivity contribution < 1.29 is 5.11 Å². The lowest BCUT2D eigenvalue weighted by molar-refractivity contribution is 0.193. The molecule has 2 unspecified atom stereocenters. The van der Waals surface area contributed by atoms with Crippen molar-refractivity contribution in [3.05, 3.63) is 29.8 Å². The van der Waals surface area contributed by atoms with Gasteiger partial charge in [0.15, 0.2) is 0 Å². The van der Waals surface area contributed by atoms with Gasteiger partial charge >= 0.3 is 0 Å². The minimum atomic E-state index is -0.128. The van der Waals surface area contributed by atoms with Crippen molar-refractivity contribution in [1.29, 1.82) is 0 Å². The zero-order valence-corrected chi connectivity index (χ0v) is 13.2. The summed E-state index contributed by atoms with van der Waals surface area (Å²) in [7, 11) is 0. The van der Waals surface area contributed by atoms with Gasteiger partial charge in [-0.2, -0.15) is 0 Å². The number of benzene rings is 1. The molecule has 0 amide bonds. The monoisotopic (exact) mass is 275 g/mol. The van der Waals surface area contributed by atoms with Crippen LogP contribution in [-0.2, 0) is 0 Å². The van der Waals surface area contributed by atoms with E-state index < -0.39 is 0 Å². The lowest BCUT2D eigenvalue weighted by atomic mass is 9.86. The number of aliphatic hydroxyl groups excluding tert-OH is 1. The van der Waals surface area contributed by atoms with Crippen LogP contribution in [0.5, 0.6) is 0 Å². The van der Waals surface area contributed by atoms with Crippen molar-refractivity contribution in [2.24, 2.45) is 11.8 Å². The SMILES string of the molecule is Cc1cccc(NC2(CO)CCCC(C(C)C)CC2)c1. The molecule has 2 rings (SSSR count). The summed E-state index contributed by atoms with van der Waals surface area (Å²) in [5.41, 5.74) is 2.27. The van der Waals surface area contributed by atoms with Crippen LogP contribution in [-0.4, -0.2) is 17.3 Å². The van der Waals surface area contributed by atoms with Crippen LogP contribution in [0.4, 0.5) is 5.69 Å². The smallest absolute Gasteiger partial charge is 0.0661 e. The maximum atomic E-state index is 9.96. The highest BCUT2D eigenvalue weighted by Crippen LogP contribution is 2.35. The molecule has 0 spiro atoms. The molecule has 1 aromatic rings. The van der Waals surface area contributed by atoms with Crippen molar-refractivity contribution in [2.45, 2.75) is 58.4 Å². The number of nitrogens with one attached hydrogen (secondary N) is 1. The average molecular weight is 275 g/mol. The fourth-order valence-corrected chi connectivity index (χ4v) is 3.45. The minimum Gasteiger partial charge on any atom is -0.394 e. The normalized spacial score (nSPS) is 27.4. The van der Waals surface area contributed by atoms with Crippen LogP contribution >= 0.6 is 0 Å². The van der Waals surface area contributed by atoms with Crippen molar-refractivity contribution >= 4 is 5.69 Å². The Balaban J connectivity index is 2.09. The predicted octanol–water partition coefficient (Wildman–Crippen LogP) is 4.37. The fourth-order valence-electron chi connectivity index (χ4n) is 3.45. The summed E-state index contributed by atoms with van der Waals surface area (Å²) in [6.45, 7) is 6.99. The Labute approximate surface area is 123 Å². The number of aryl methyl sites for hydroxylation is 1. The van der Waals surface area contributed by atoms with E-state index in [1.54, 1.807) is 0 Å². The Morgan fingerprint density at radius 2 is 2.10 bits per heavy atom. The summed E-state index contributed by atoms with van der Waals surface area (Å²) < 4.78 is 0. The van der Waals surface area contributed by atoms with Crippen molar-refractivity contribution in [2.75, 3.05) is 11.9 Å². The Kier molecular flexibility index (Phi) is 5.09. The summed E-state index contributed by atoms with van der Waals surface area (Å²) in [4.78, 5) is 0. The summed E-state index contributed by atoms with van der Waals surface area (Å²) in [5.74, 6) is 1.56. The van der Waals surface area contributed by atoms with Crippen LogP contribution in [0.3, 0.4) is 0 Å². The molecule has 1 aromatic carbocycles. The zero-order chi connectivity index (χ0) is 14.6. The molecule has 2 N–H and O–H groups in total. The maximum absolute atomic E-state index is 9.96. The molecule has 1 aliphatic rings. The molecule has 0 aliphatic heterocycles. The van der Waals surface area contributed by atoms with Crippen molar-refractivity contribution in [3.8, 4) is 0 Å². The summed E-state index contributed by atoms with van der Waals surface area (Å²) >= 11 is 0. The zero-order valence-electron chi connectivity index (χ0n) is 13.2. The Morgan fingerprint density at radius 1 is 1.30 bits per heavy atom. The third-order valence-corrected chi connectivity index (χ3v) is 4.90. The molecule has 2 atom stereocenters. The number of rotatable bonds is 4. The average Bonchev–Trinajstić information content (AvgIpc) is 2.62. The number of hydrogen-bond acceptors (Lipinski definition) is 2. The summed E-state index contributed by atoms with van der Waals surface area (Å²) in [6, 6.07) is 8.46. The first kappa shape index (κ1) is 15.4. The van der Waals surface area contributed by atoms with Crippen LogP contribution < -0.4 is 5.32 Å². The van der Waals surface area contributed by atoms with Gasteiger partial charge in [-0.25, -0.2) is 0 Å². The van der Waals surface area contributed by atoms with Crippen LogP contribution in [0.15, 0.2) is 24.3 Å². The molecule has 0 radical (unpaired) electrons. The van der Waals surface area contributed by atoms with Gasteiger partial charge in [-0.05, 0) is 55.7 Å². The molecule has 0 saturated heterocycles. The van der Waals surface area contributed by atoms with Crippen LogP contribution in [0.1, 0.15) is 51.5 Å². The fraction of sp³-hybridized carbons (Fsp3) is 0.667. The van der Waals surface area contributed by atoms with Gasteiger partial charge < -0.3 is 10.4 Å². The van der Waals surface area contributed by atoms with E-state index in [9.17, 15) is 5.11 Å². The van der Waals surface area contributed by atoms with E-state index in [0.29, 0.717) is 0 Å². The Hall–Kier alpha value is -1.02. The van der Waals surface area contributed by atoms with Crippen LogP contribution in [0.2, 0.25) is 0 Å². The van der Waals surface area contributed by atoms with E-state index in [1.807, 2.05) is 0 Å². The molecule has 0 bridgehead atoms. The highest BCUT2D eigenvalue weighted by molar-refractivity contribution is 5.47. The van der Waals surface area contributed by atoms with Crippen LogP contribution in [0, 0.1) is 18.8 Å². The quantitative estimate of drug-likeness (QED) is 0.800. The molecule has 1 aliphatic carbocycles. The first-order valence-corrected chi connectivity index (χ1v) is 8.00. The second kappa shape index (κ2) is 6.62. The second-order valence-electron chi connectivity index (χ2n) is 6.87. The van der Waals surface area contributed by atoms with E-state index in [1.165, 1.54) is 24.8 Å². The standard InChI is InChI=1S/C18H29NO/c1-14(2)16-7-5-10-18(13-20,11-9-16)19-17-8-4-6-15(3)12-17/h4,6,8,12,14,16,19-20H,5,7,9-11,13H2,1-3H3. The topological polar surface area (TPSA) is 32.3 Å². The first-order chi connectivity index (χ1) is 9.54. The highest BCUT2D eigenvalue weighted by atomic mass is 16.3. The second-order valence-corrected chi connectivity index (χ2v) is 6.87. The van der Waals surface area contributed by atoms with Gasteiger partial charge in [0.05, 0.1) is 12.1 Å². The largest absolute Gasteiger partial charge is 0.394 e. The van der Waals surface area contributed by atoms with Crippen molar-refractivity contribution in [3.63, 3.8) is 0 Å². The Morgan fingerprint density at radius 3 is 2.75 bits per heavy atom. The first-order valence-electron chi connectivity index (χ1n) is 8.00. The third kappa shape index (κ3) is 3.76. The molecular formula is C18H29NO. The lowest BCUT2D eigenvalue weighted by Gasteiger charge is -2.33. The van der Waals surface area contributed by atoms with Gasteiger partial charge in [-0.3, -0.25) is 0 Å². The molecule has 2 heteroatoms. The van der Waals surface area contributed by atoms with Crippen LogP contribution in [0.25, 0.3) is 0 Å². The lowest BCUT2D eigenvalue weighted by Crippen LogP contribution is -2.41. The molecule has 20 heavy (non-hydrogen) atoms. The van der Waals surface area contributed by atoms with Gasteiger partial charge in [0.1, 0.15) is 0 Å². The van der Waals surface area contributed by atoms with E-state index in [4.69, 9.17) is 0 Å². The number of aliphatic hydroxyl groups is 1. The molecule has 1 saturated carbocycles. The number of hydrogen-bond donors (Lipinski definition) is 2.